The van der Waals surface area contributed by atoms with Crippen LogP contribution in [0.5, 0.6) is 0 Å². The summed E-state index contributed by atoms with van der Waals surface area (Å²) in [6, 6.07) is 0. The van der Waals surface area contributed by atoms with Gasteiger partial charge < -0.3 is 16.7 Å². The molecule has 4 N–H and O–H groups in total. The van der Waals surface area contributed by atoms with E-state index in [9.17, 15) is 0 Å². The molecular weight excluding hydrogens is 289 g/mol. The van der Waals surface area contributed by atoms with Gasteiger partial charge in [-0.2, -0.15) is 0 Å². The van der Waals surface area contributed by atoms with Gasteiger partial charge in [-0.3, -0.25) is 0 Å². The molecule has 0 spiro atoms. The molecule has 48 valence electrons. The normalized spacial score (nSPS) is 5.00. The molecule has 1 aromatic rings. The van der Waals surface area contributed by atoms with Gasteiger partial charge in [0.1, 0.15) is 6.26 Å². The van der Waals surface area contributed by atoms with Crippen LogP contribution < -0.4 is 0 Å². The summed E-state index contributed by atoms with van der Waals surface area (Å²) in [5.41, 5.74) is 0. The summed E-state index contributed by atoms with van der Waals surface area (Å²) in [6.45, 7) is 0. The van der Waals surface area contributed by atoms with E-state index in [1.165, 1.54) is 12.7 Å². The smallest absolute Gasteiger partial charge is 0.693 e. The number of hydrogen-bond acceptors (Lipinski definition) is 2. The van der Waals surface area contributed by atoms with E-state index in [0.717, 1.165) is 0 Å². The SMILES string of the molecule is [NH2-].[NH2-].[Pt+4].c1cocn1. The van der Waals surface area contributed by atoms with Crippen LogP contribution in [-0.2, 0) is 21.1 Å². The summed E-state index contributed by atoms with van der Waals surface area (Å²) in [4.78, 5) is 3.56. The molecule has 0 saturated heterocycles. The molecule has 0 aliphatic heterocycles. The summed E-state index contributed by atoms with van der Waals surface area (Å²) in [7, 11) is 0. The molecule has 1 aromatic heterocycles. The van der Waals surface area contributed by atoms with Gasteiger partial charge in [-0.1, -0.05) is 0 Å². The number of nitrogens with two attached hydrogens (primary N) is 2. The van der Waals surface area contributed by atoms with Crippen LogP contribution in [0.3, 0.4) is 0 Å². The molecule has 0 amide bonds. The molecule has 0 aliphatic rings. The molecule has 1 heterocycles. The minimum Gasteiger partial charge on any atom is -0.693 e. The second-order valence-corrected chi connectivity index (χ2v) is 0.676. The largest absolute Gasteiger partial charge is 4.00 e. The molecule has 5 heteroatoms. The van der Waals surface area contributed by atoms with Gasteiger partial charge in [0, 0.05) is 0 Å². The van der Waals surface area contributed by atoms with Crippen LogP contribution in [0.1, 0.15) is 0 Å². The second-order valence-electron chi connectivity index (χ2n) is 0.676. The molecule has 4 nitrogen and oxygen atoms in total. The molecule has 0 atom stereocenters. The predicted octanol–water partition coefficient (Wildman–Crippen LogP) is 2.11. The Hall–Kier alpha value is -0.182. The summed E-state index contributed by atoms with van der Waals surface area (Å²) in [5.74, 6) is 0. The first-order valence-electron chi connectivity index (χ1n) is 1.32. The quantitative estimate of drug-likeness (QED) is 0.733. The monoisotopic (exact) mass is 296 g/mol. The van der Waals surface area contributed by atoms with Gasteiger partial charge in [-0.25, -0.2) is 4.98 Å². The fourth-order valence-corrected chi connectivity index (χ4v) is 0.176. The number of rotatable bonds is 0. The summed E-state index contributed by atoms with van der Waals surface area (Å²) >= 11 is 0. The minimum atomic E-state index is 0. The molecule has 8 heavy (non-hydrogen) atoms. The average Bonchev–Trinajstić information content (AvgIpc) is 1.76. The van der Waals surface area contributed by atoms with Crippen LogP contribution in [0.2, 0.25) is 0 Å². The molecule has 0 aromatic carbocycles. The van der Waals surface area contributed by atoms with Crippen LogP contribution in [0.15, 0.2) is 23.3 Å². The molecule has 0 unspecified atom stereocenters. The van der Waals surface area contributed by atoms with Gasteiger partial charge in [0.05, 0.1) is 6.20 Å². The molecule has 0 fully saturated rings. The first-order chi connectivity index (χ1) is 2.50. The summed E-state index contributed by atoms with van der Waals surface area (Å²) in [6.07, 6.45) is 4.47. The topological polar surface area (TPSA) is 93.0 Å². The number of nitrogens with zero attached hydrogens (tertiary/aromatic N) is 1. The van der Waals surface area contributed by atoms with E-state index in [1.807, 2.05) is 0 Å². The maximum absolute atomic E-state index is 4.47. The molecular formula is C3H7N3OPt+2. The molecule has 0 saturated carbocycles. The Kier molecular flexibility index (Phi) is 19.5. The third-order valence-corrected chi connectivity index (χ3v) is 0.347. The van der Waals surface area contributed by atoms with E-state index in [4.69, 9.17) is 0 Å². The predicted molar refractivity (Wildman–Crippen MR) is 27.1 cm³/mol. The number of hydrogen-bond donors (Lipinski definition) is 0. The van der Waals surface area contributed by atoms with Gasteiger partial charge in [0.15, 0.2) is 6.39 Å². The van der Waals surface area contributed by atoms with E-state index in [-0.39, 0.29) is 33.4 Å². The van der Waals surface area contributed by atoms with Gasteiger partial charge >= 0.3 is 21.1 Å². The Morgan fingerprint density at radius 3 is 2.00 bits per heavy atom. The fraction of sp³-hybridized carbons (Fsp3) is 0. The summed E-state index contributed by atoms with van der Waals surface area (Å²) < 4.78 is 4.47. The zero-order chi connectivity index (χ0) is 3.54. The van der Waals surface area contributed by atoms with Crippen LogP contribution >= 0.6 is 0 Å². The van der Waals surface area contributed by atoms with E-state index in [0.29, 0.717) is 0 Å². The van der Waals surface area contributed by atoms with Crippen LogP contribution in [0, 0.1) is 0 Å². The van der Waals surface area contributed by atoms with Gasteiger partial charge in [0.2, 0.25) is 0 Å². The van der Waals surface area contributed by atoms with Gasteiger partial charge in [-0.05, 0) is 0 Å². The molecule has 0 aliphatic carbocycles. The van der Waals surface area contributed by atoms with Crippen molar-refractivity contribution in [1.29, 1.82) is 0 Å². The third-order valence-electron chi connectivity index (χ3n) is 0.347. The van der Waals surface area contributed by atoms with E-state index < -0.39 is 0 Å². The Morgan fingerprint density at radius 2 is 1.88 bits per heavy atom. The van der Waals surface area contributed by atoms with Crippen molar-refractivity contribution < 1.29 is 25.5 Å². The van der Waals surface area contributed by atoms with Crippen LogP contribution in [0.4, 0.5) is 0 Å². The average molecular weight is 296 g/mol. The first kappa shape index (κ1) is 15.7. The molecule has 0 radical (unpaired) electrons. The number of aromatic nitrogens is 1. The maximum atomic E-state index is 4.47. The van der Waals surface area contributed by atoms with Crippen molar-refractivity contribution >= 4 is 0 Å². The minimum absolute atomic E-state index is 0. The third kappa shape index (κ3) is 5.82. The summed E-state index contributed by atoms with van der Waals surface area (Å²) in [5, 5.41) is 0. The first-order valence-corrected chi connectivity index (χ1v) is 1.32. The van der Waals surface area contributed by atoms with E-state index >= 15 is 0 Å². The van der Waals surface area contributed by atoms with Crippen molar-refractivity contribution in [2.24, 2.45) is 0 Å². The van der Waals surface area contributed by atoms with E-state index in [2.05, 4.69) is 9.40 Å². The molecule has 0 bridgehead atoms. The van der Waals surface area contributed by atoms with Crippen molar-refractivity contribution in [3.05, 3.63) is 31.2 Å². The molecule has 1 rings (SSSR count). The van der Waals surface area contributed by atoms with Crippen molar-refractivity contribution in [2.45, 2.75) is 0 Å². The van der Waals surface area contributed by atoms with Crippen LogP contribution in [-0.4, -0.2) is 4.98 Å². The Bertz CT molecular complexity index is 71.0. The fourth-order valence-electron chi connectivity index (χ4n) is 0.176. The van der Waals surface area contributed by atoms with Crippen molar-refractivity contribution in [2.75, 3.05) is 0 Å². The maximum Gasteiger partial charge on any atom is 4.00 e. The second kappa shape index (κ2) is 9.94. The van der Waals surface area contributed by atoms with Crippen LogP contribution in [0.25, 0.3) is 12.3 Å². The standard InChI is InChI=1S/C3H3NO.2H2N.Pt/c1-2-5-3-4-1;;;/h1-3H;2*1H2;/q;2*-1;+4. The Morgan fingerprint density at radius 1 is 1.25 bits per heavy atom. The van der Waals surface area contributed by atoms with Crippen molar-refractivity contribution in [3.8, 4) is 0 Å². The number of oxazole rings is 1. The van der Waals surface area contributed by atoms with E-state index in [1.54, 1.807) is 6.20 Å². The van der Waals surface area contributed by atoms with Crippen molar-refractivity contribution in [3.63, 3.8) is 0 Å². The van der Waals surface area contributed by atoms with Crippen molar-refractivity contribution in [1.82, 2.24) is 4.98 Å². The zero-order valence-corrected chi connectivity index (χ0v) is 6.33. The van der Waals surface area contributed by atoms with Gasteiger partial charge in [-0.15, -0.1) is 0 Å². The Labute approximate surface area is 62.1 Å². The Balaban J connectivity index is -0.0000000833. The zero-order valence-electron chi connectivity index (χ0n) is 4.06. The van der Waals surface area contributed by atoms with Gasteiger partial charge in [0.25, 0.3) is 0 Å².